The summed E-state index contributed by atoms with van der Waals surface area (Å²) in [5, 5.41) is 8.84. The van der Waals surface area contributed by atoms with Crippen LogP contribution in [0.2, 0.25) is 0 Å². The van der Waals surface area contributed by atoms with E-state index in [1.54, 1.807) is 11.3 Å². The van der Waals surface area contributed by atoms with E-state index in [0.29, 0.717) is 12.0 Å². The molecule has 2 N–H and O–H groups in total. The smallest absolute Gasteiger partial charge is 0.321 e. The highest BCUT2D eigenvalue weighted by Gasteiger charge is 2.59. The topological polar surface area (TPSA) is 54.0 Å². The van der Waals surface area contributed by atoms with Crippen LogP contribution in [-0.4, -0.2) is 17.6 Å². The van der Waals surface area contributed by atoms with E-state index in [2.05, 4.69) is 54.1 Å². The van der Waals surface area contributed by atoms with E-state index < -0.39 is 0 Å². The number of thiazole rings is 1. The molecular weight excluding hydrogens is 390 g/mol. The molecule has 4 nitrogen and oxygen atoms in total. The number of nitrogens with zero attached hydrogens (tertiary/aromatic N) is 1. The summed E-state index contributed by atoms with van der Waals surface area (Å²) >= 11 is 1.58. The molecule has 0 saturated heterocycles. The molecule has 4 saturated carbocycles. The highest BCUT2D eigenvalue weighted by Crippen LogP contribution is 2.66. The summed E-state index contributed by atoms with van der Waals surface area (Å²) in [6, 6.07) is 9.19. The van der Waals surface area contributed by atoms with Crippen molar-refractivity contribution >= 4 is 22.5 Å². The van der Waals surface area contributed by atoms with Crippen LogP contribution >= 0.6 is 11.3 Å². The minimum absolute atomic E-state index is 0.133. The van der Waals surface area contributed by atoms with Crippen molar-refractivity contribution in [2.75, 3.05) is 11.9 Å². The van der Waals surface area contributed by atoms with Crippen molar-refractivity contribution in [3.8, 4) is 0 Å². The third-order valence-electron chi connectivity index (χ3n) is 7.81. The van der Waals surface area contributed by atoms with Gasteiger partial charge in [-0.05, 0) is 74.7 Å². The average Bonchev–Trinajstić information content (AvgIpc) is 3.17. The van der Waals surface area contributed by atoms with Crippen LogP contribution in [0.25, 0.3) is 0 Å². The summed E-state index contributed by atoms with van der Waals surface area (Å²) < 4.78 is 0. The molecule has 4 bridgehead atoms. The molecule has 2 amide bonds. The van der Waals surface area contributed by atoms with Crippen LogP contribution in [0.15, 0.2) is 29.6 Å². The molecule has 4 atom stereocenters. The molecule has 30 heavy (non-hydrogen) atoms. The second-order valence-electron chi connectivity index (χ2n) is 10.2. The van der Waals surface area contributed by atoms with Crippen LogP contribution in [-0.2, 0) is 10.8 Å². The first kappa shape index (κ1) is 20.0. The van der Waals surface area contributed by atoms with Gasteiger partial charge >= 0.3 is 6.03 Å². The Labute approximate surface area is 183 Å². The van der Waals surface area contributed by atoms with Crippen LogP contribution in [0, 0.1) is 18.8 Å². The number of anilines is 1. The molecule has 4 aliphatic rings. The second kappa shape index (κ2) is 7.67. The average molecular weight is 424 g/mol. The normalized spacial score (nSPS) is 31.7. The van der Waals surface area contributed by atoms with E-state index in [4.69, 9.17) is 4.98 Å². The second-order valence-corrected chi connectivity index (χ2v) is 11.0. The number of urea groups is 1. The molecule has 0 aliphatic heterocycles. The Morgan fingerprint density at radius 2 is 1.83 bits per heavy atom. The predicted octanol–water partition coefficient (Wildman–Crippen LogP) is 6.16. The Kier molecular flexibility index (Phi) is 5.12. The third kappa shape index (κ3) is 3.55. The fourth-order valence-electron chi connectivity index (χ4n) is 6.90. The van der Waals surface area contributed by atoms with Crippen molar-refractivity contribution in [2.45, 2.75) is 76.0 Å². The Balaban J connectivity index is 1.38. The molecule has 1 aromatic carbocycles. The number of aryl methyl sites for hydroxylation is 1. The minimum atomic E-state index is -0.133. The maximum atomic E-state index is 12.2. The summed E-state index contributed by atoms with van der Waals surface area (Å²) in [5.41, 5.74) is 4.60. The first-order valence-electron chi connectivity index (χ1n) is 11.6. The fourth-order valence-corrected chi connectivity index (χ4v) is 7.73. The van der Waals surface area contributed by atoms with Gasteiger partial charge in [-0.2, -0.15) is 0 Å². The van der Waals surface area contributed by atoms with Crippen molar-refractivity contribution in [3.05, 3.63) is 46.5 Å². The highest BCUT2D eigenvalue weighted by molar-refractivity contribution is 7.13. The first-order valence-corrected chi connectivity index (χ1v) is 12.5. The summed E-state index contributed by atoms with van der Waals surface area (Å²) in [6.45, 7) is 5.02. The van der Waals surface area contributed by atoms with Gasteiger partial charge in [0.2, 0.25) is 0 Å². The number of nitrogens with one attached hydrogen (secondary N) is 2. The number of carbonyl (C=O) groups is 1. The van der Waals surface area contributed by atoms with Gasteiger partial charge in [0.05, 0.1) is 5.69 Å². The van der Waals surface area contributed by atoms with Crippen LogP contribution in [0.1, 0.15) is 75.1 Å². The first-order chi connectivity index (χ1) is 14.5. The lowest BCUT2D eigenvalue weighted by Gasteiger charge is -2.62. The van der Waals surface area contributed by atoms with Crippen LogP contribution in [0.4, 0.5) is 9.93 Å². The van der Waals surface area contributed by atoms with Crippen molar-refractivity contribution in [3.63, 3.8) is 0 Å². The molecule has 2 aromatic rings. The summed E-state index contributed by atoms with van der Waals surface area (Å²) in [7, 11) is 0. The maximum absolute atomic E-state index is 12.2. The quantitative estimate of drug-likeness (QED) is 0.547. The van der Waals surface area contributed by atoms with Gasteiger partial charge in [0, 0.05) is 17.3 Å². The molecule has 0 radical (unpaired) electrons. The summed E-state index contributed by atoms with van der Waals surface area (Å²) in [6.07, 6.45) is 9.89. The molecule has 5 heteroatoms. The van der Waals surface area contributed by atoms with E-state index in [-0.39, 0.29) is 11.4 Å². The van der Waals surface area contributed by atoms with Gasteiger partial charge in [0.25, 0.3) is 0 Å². The summed E-state index contributed by atoms with van der Waals surface area (Å²) in [4.78, 5) is 17.1. The molecule has 160 valence electrons. The van der Waals surface area contributed by atoms with Gasteiger partial charge in [-0.1, -0.05) is 43.2 Å². The number of rotatable bonds is 6. The van der Waals surface area contributed by atoms with Gasteiger partial charge < -0.3 is 5.32 Å². The number of hydrogen-bond donors (Lipinski definition) is 2. The molecule has 1 heterocycles. The van der Waals surface area contributed by atoms with Crippen molar-refractivity contribution in [2.24, 2.45) is 11.8 Å². The Morgan fingerprint density at radius 1 is 1.13 bits per heavy atom. The monoisotopic (exact) mass is 423 g/mol. The molecular formula is C25H33N3OS. The standard InChI is InChI=1S/C25H33N3OS/c1-3-4-9-26-22(29)28-23-27-21(15-30-23)25-13-18-10-19(14-25)12-24(11-18,16-25)20-7-5-17(2)6-8-20/h5-8,15,18-19H,3-4,9-14,16H2,1-2H3,(H2,26,27,28,29)/t18-,19+,24?,25?. The molecule has 0 spiro atoms. The number of amides is 2. The zero-order chi connectivity index (χ0) is 20.8. The Morgan fingerprint density at radius 3 is 2.53 bits per heavy atom. The van der Waals surface area contributed by atoms with E-state index in [1.807, 2.05) is 0 Å². The van der Waals surface area contributed by atoms with E-state index in [0.717, 1.165) is 29.8 Å². The SMILES string of the molecule is CCCCNC(=O)Nc1nc(C23C[C@@H]4C[C@@H](CC(c5ccc(C)cc5)(C4)C2)C3)cs1. The van der Waals surface area contributed by atoms with Gasteiger partial charge in [-0.15, -0.1) is 11.3 Å². The minimum Gasteiger partial charge on any atom is -0.338 e. The lowest BCUT2D eigenvalue weighted by molar-refractivity contribution is -0.0296. The molecule has 4 aliphatic carbocycles. The molecule has 6 rings (SSSR count). The zero-order valence-corrected chi connectivity index (χ0v) is 19.0. The number of hydrogen-bond acceptors (Lipinski definition) is 3. The number of carbonyl (C=O) groups excluding carboxylic acids is 1. The van der Waals surface area contributed by atoms with Crippen molar-refractivity contribution in [1.29, 1.82) is 0 Å². The highest BCUT2D eigenvalue weighted by atomic mass is 32.1. The maximum Gasteiger partial charge on any atom is 0.321 e. The Hall–Kier alpha value is -1.88. The van der Waals surface area contributed by atoms with Crippen LogP contribution < -0.4 is 10.6 Å². The molecule has 1 aromatic heterocycles. The van der Waals surface area contributed by atoms with E-state index in [9.17, 15) is 4.79 Å². The largest absolute Gasteiger partial charge is 0.338 e. The van der Waals surface area contributed by atoms with Gasteiger partial charge in [-0.25, -0.2) is 9.78 Å². The number of aromatic nitrogens is 1. The van der Waals surface area contributed by atoms with E-state index in [1.165, 1.54) is 55.3 Å². The molecule has 4 fully saturated rings. The predicted molar refractivity (Wildman–Crippen MR) is 123 cm³/mol. The van der Waals surface area contributed by atoms with Gasteiger partial charge in [0.1, 0.15) is 0 Å². The van der Waals surface area contributed by atoms with Gasteiger partial charge in [0.15, 0.2) is 5.13 Å². The number of unbranched alkanes of at least 4 members (excludes halogenated alkanes) is 1. The lowest BCUT2D eigenvalue weighted by atomic mass is 9.42. The summed E-state index contributed by atoms with van der Waals surface area (Å²) in [5.74, 6) is 1.62. The molecule has 2 unspecified atom stereocenters. The number of benzene rings is 1. The van der Waals surface area contributed by atoms with Crippen molar-refractivity contribution < 1.29 is 4.79 Å². The zero-order valence-electron chi connectivity index (χ0n) is 18.2. The fraction of sp³-hybridized carbons (Fsp3) is 0.600. The van der Waals surface area contributed by atoms with E-state index >= 15 is 0 Å². The van der Waals surface area contributed by atoms with Crippen LogP contribution in [0.5, 0.6) is 0 Å². The van der Waals surface area contributed by atoms with Crippen LogP contribution in [0.3, 0.4) is 0 Å². The Bertz CT molecular complexity index is 905. The lowest BCUT2D eigenvalue weighted by Crippen LogP contribution is -2.56. The van der Waals surface area contributed by atoms with Gasteiger partial charge in [-0.3, -0.25) is 5.32 Å². The third-order valence-corrected chi connectivity index (χ3v) is 8.57. The van der Waals surface area contributed by atoms with Crippen molar-refractivity contribution in [1.82, 2.24) is 10.3 Å².